The van der Waals surface area contributed by atoms with Crippen molar-refractivity contribution in [2.45, 2.75) is 26.7 Å². The number of carbonyl (C=O) groups excluding carboxylic acids is 1. The maximum Gasteiger partial charge on any atom is 0.222 e. The second kappa shape index (κ2) is 4.59. The Morgan fingerprint density at radius 1 is 1.30 bits per heavy atom. The number of aromatic nitrogens is 2. The van der Waals surface area contributed by atoms with Crippen LogP contribution in [0.1, 0.15) is 23.9 Å². The van der Waals surface area contributed by atoms with Crippen LogP contribution in [0, 0.1) is 6.92 Å². The summed E-state index contributed by atoms with van der Waals surface area (Å²) in [6.07, 6.45) is 1.57. The molecular formula is C15H15N3O2. The van der Waals surface area contributed by atoms with Crippen molar-refractivity contribution >= 4 is 11.7 Å². The molecule has 2 aromatic rings. The van der Waals surface area contributed by atoms with Gasteiger partial charge in [0.1, 0.15) is 5.75 Å². The van der Waals surface area contributed by atoms with Crippen LogP contribution in [-0.4, -0.2) is 21.0 Å². The number of phenolic OH excluding ortho intramolecular Hbond substituents is 1. The first-order valence-electron chi connectivity index (χ1n) is 6.52. The number of nitrogens with zero attached hydrogens (tertiary/aromatic N) is 2. The van der Waals surface area contributed by atoms with Crippen molar-refractivity contribution in [2.75, 3.05) is 5.32 Å². The van der Waals surface area contributed by atoms with Gasteiger partial charge in [0, 0.05) is 12.5 Å². The Bertz CT molecular complexity index is 711. The zero-order valence-corrected chi connectivity index (χ0v) is 11.4. The van der Waals surface area contributed by atoms with Crippen LogP contribution in [0.5, 0.6) is 5.75 Å². The zero-order chi connectivity index (χ0) is 14.3. The van der Waals surface area contributed by atoms with E-state index < -0.39 is 0 Å². The summed E-state index contributed by atoms with van der Waals surface area (Å²) in [5.41, 5.74) is 4.52. The molecule has 0 radical (unpaired) electrons. The Labute approximate surface area is 116 Å². The smallest absolute Gasteiger partial charge is 0.222 e. The van der Waals surface area contributed by atoms with Crippen molar-refractivity contribution in [1.82, 2.24) is 9.97 Å². The summed E-state index contributed by atoms with van der Waals surface area (Å²) in [4.78, 5) is 20.3. The van der Waals surface area contributed by atoms with Gasteiger partial charge in [0.15, 0.2) is 5.82 Å². The number of rotatable bonds is 1. The fourth-order valence-electron chi connectivity index (χ4n) is 2.50. The van der Waals surface area contributed by atoms with Crippen LogP contribution < -0.4 is 5.32 Å². The Balaban J connectivity index is 2.12. The molecule has 0 saturated heterocycles. The van der Waals surface area contributed by atoms with E-state index in [1.165, 1.54) is 6.92 Å². The molecule has 0 atom stereocenters. The number of benzene rings is 1. The highest BCUT2D eigenvalue weighted by Crippen LogP contribution is 2.34. The molecule has 1 amide bonds. The maximum atomic E-state index is 11.2. The number of hydrogen-bond donors (Lipinski definition) is 2. The highest BCUT2D eigenvalue weighted by molar-refractivity contribution is 5.88. The molecule has 2 N–H and O–H groups in total. The Hall–Kier alpha value is -2.43. The third kappa shape index (κ3) is 2.11. The van der Waals surface area contributed by atoms with E-state index in [0.29, 0.717) is 11.5 Å². The molecule has 5 nitrogen and oxygen atoms in total. The van der Waals surface area contributed by atoms with E-state index in [0.717, 1.165) is 35.4 Å². The first kappa shape index (κ1) is 12.6. The van der Waals surface area contributed by atoms with E-state index in [4.69, 9.17) is 0 Å². The number of amides is 1. The van der Waals surface area contributed by atoms with Gasteiger partial charge in [-0.3, -0.25) is 4.79 Å². The average molecular weight is 269 g/mol. The zero-order valence-electron chi connectivity index (χ0n) is 11.4. The molecule has 0 bridgehead atoms. The van der Waals surface area contributed by atoms with Gasteiger partial charge in [-0.2, -0.15) is 0 Å². The Kier molecular flexibility index (Phi) is 2.89. The number of phenols is 1. The fraction of sp³-hybridized carbons (Fsp3) is 0.267. The van der Waals surface area contributed by atoms with Crippen LogP contribution in [0.2, 0.25) is 0 Å². The van der Waals surface area contributed by atoms with Gasteiger partial charge < -0.3 is 10.4 Å². The lowest BCUT2D eigenvalue weighted by Crippen LogP contribution is -2.15. The quantitative estimate of drug-likeness (QED) is 0.832. The molecule has 0 aliphatic heterocycles. The lowest BCUT2D eigenvalue weighted by molar-refractivity contribution is -0.114. The minimum absolute atomic E-state index is 0.150. The summed E-state index contributed by atoms with van der Waals surface area (Å²) < 4.78 is 0. The lowest BCUT2D eigenvalue weighted by Gasteiger charge is -2.20. The summed E-state index contributed by atoms with van der Waals surface area (Å²) in [5, 5.41) is 12.3. The normalized spacial score (nSPS) is 12.5. The summed E-state index contributed by atoms with van der Waals surface area (Å²) in [6.45, 7) is 3.28. The molecule has 1 heterocycles. The second-order valence-electron chi connectivity index (χ2n) is 4.98. The van der Waals surface area contributed by atoms with Gasteiger partial charge in [-0.25, -0.2) is 9.97 Å². The third-order valence-electron chi connectivity index (χ3n) is 3.41. The molecule has 3 rings (SSSR count). The molecule has 20 heavy (non-hydrogen) atoms. The van der Waals surface area contributed by atoms with E-state index in [-0.39, 0.29) is 11.7 Å². The second-order valence-corrected chi connectivity index (χ2v) is 4.98. The van der Waals surface area contributed by atoms with E-state index in [9.17, 15) is 9.90 Å². The number of hydrogen-bond acceptors (Lipinski definition) is 4. The standard InChI is InChI=1S/C15H15N3O2/c1-8-15(17-9(2)19)18-13-6-3-10-7-11(20)4-5-12(10)14(13)16-8/h4-5,7,20H,3,6H2,1-2H3,(H,17,18,19). The van der Waals surface area contributed by atoms with Gasteiger partial charge >= 0.3 is 0 Å². The van der Waals surface area contributed by atoms with Crippen molar-refractivity contribution in [2.24, 2.45) is 0 Å². The van der Waals surface area contributed by atoms with Crippen molar-refractivity contribution in [3.8, 4) is 17.0 Å². The monoisotopic (exact) mass is 269 g/mol. The molecule has 5 heteroatoms. The van der Waals surface area contributed by atoms with Crippen molar-refractivity contribution in [1.29, 1.82) is 0 Å². The summed E-state index contributed by atoms with van der Waals surface area (Å²) in [5.74, 6) is 0.647. The summed E-state index contributed by atoms with van der Waals surface area (Å²) in [6, 6.07) is 5.30. The first-order valence-corrected chi connectivity index (χ1v) is 6.52. The van der Waals surface area contributed by atoms with Gasteiger partial charge in [-0.1, -0.05) is 0 Å². The number of aryl methyl sites for hydroxylation is 3. The highest BCUT2D eigenvalue weighted by atomic mass is 16.3. The molecule has 1 aromatic heterocycles. The minimum Gasteiger partial charge on any atom is -0.508 e. The molecule has 0 saturated carbocycles. The summed E-state index contributed by atoms with van der Waals surface area (Å²) in [7, 11) is 0. The molecule has 0 unspecified atom stereocenters. The van der Waals surface area contributed by atoms with Gasteiger partial charge in [0.25, 0.3) is 0 Å². The highest BCUT2D eigenvalue weighted by Gasteiger charge is 2.21. The van der Waals surface area contributed by atoms with E-state index in [1.54, 1.807) is 12.1 Å². The Morgan fingerprint density at radius 2 is 2.10 bits per heavy atom. The van der Waals surface area contributed by atoms with Gasteiger partial charge in [0.2, 0.25) is 5.91 Å². The van der Waals surface area contributed by atoms with E-state index >= 15 is 0 Å². The molecule has 102 valence electrons. The lowest BCUT2D eigenvalue weighted by atomic mass is 9.91. The van der Waals surface area contributed by atoms with Crippen molar-refractivity contribution in [3.63, 3.8) is 0 Å². The molecule has 0 spiro atoms. The van der Waals surface area contributed by atoms with Crippen molar-refractivity contribution in [3.05, 3.63) is 35.2 Å². The largest absolute Gasteiger partial charge is 0.508 e. The van der Waals surface area contributed by atoms with E-state index in [1.807, 2.05) is 13.0 Å². The van der Waals surface area contributed by atoms with Crippen LogP contribution in [0.15, 0.2) is 18.2 Å². The third-order valence-corrected chi connectivity index (χ3v) is 3.41. The Morgan fingerprint density at radius 3 is 2.85 bits per heavy atom. The number of anilines is 1. The van der Waals surface area contributed by atoms with Crippen molar-refractivity contribution < 1.29 is 9.90 Å². The van der Waals surface area contributed by atoms with Gasteiger partial charge in [-0.05, 0) is 43.5 Å². The fourth-order valence-corrected chi connectivity index (χ4v) is 2.50. The number of fused-ring (bicyclic) bond motifs is 3. The predicted octanol–water partition coefficient (Wildman–Crippen LogP) is 2.21. The topological polar surface area (TPSA) is 75.1 Å². The predicted molar refractivity (Wildman–Crippen MR) is 75.6 cm³/mol. The molecule has 1 aliphatic rings. The van der Waals surface area contributed by atoms with Crippen LogP contribution in [0.3, 0.4) is 0 Å². The van der Waals surface area contributed by atoms with Crippen LogP contribution in [-0.2, 0) is 17.6 Å². The first-order chi connectivity index (χ1) is 9.54. The SMILES string of the molecule is CC(=O)Nc1nc2c(nc1C)-c1ccc(O)cc1CC2. The molecule has 1 aliphatic carbocycles. The maximum absolute atomic E-state index is 11.2. The minimum atomic E-state index is -0.150. The summed E-state index contributed by atoms with van der Waals surface area (Å²) >= 11 is 0. The van der Waals surface area contributed by atoms with Crippen LogP contribution in [0.25, 0.3) is 11.3 Å². The number of nitrogens with one attached hydrogen (secondary N) is 1. The number of aromatic hydroxyl groups is 1. The van der Waals surface area contributed by atoms with E-state index in [2.05, 4.69) is 15.3 Å². The molecular weight excluding hydrogens is 254 g/mol. The molecule has 1 aromatic carbocycles. The van der Waals surface area contributed by atoms with Crippen LogP contribution in [0.4, 0.5) is 5.82 Å². The van der Waals surface area contributed by atoms with Gasteiger partial charge in [0.05, 0.1) is 17.1 Å². The average Bonchev–Trinajstić information content (AvgIpc) is 2.39. The molecule has 0 fully saturated rings. The van der Waals surface area contributed by atoms with Gasteiger partial charge in [-0.15, -0.1) is 0 Å². The number of carbonyl (C=O) groups is 1. The van der Waals surface area contributed by atoms with Crippen LogP contribution >= 0.6 is 0 Å².